The smallest absolute Gasteiger partial charge is 0.232 e. The zero-order chi connectivity index (χ0) is 11.5. The van der Waals surface area contributed by atoms with Gasteiger partial charge < -0.3 is 10.6 Å². The van der Waals surface area contributed by atoms with Crippen LogP contribution in [0.25, 0.3) is 0 Å². The second-order valence-corrected chi connectivity index (χ2v) is 4.89. The molecule has 1 amide bonds. The molecule has 0 saturated carbocycles. The van der Waals surface area contributed by atoms with Gasteiger partial charge >= 0.3 is 0 Å². The number of hydrogen-bond donors (Lipinski definition) is 1. The zero-order valence-corrected chi connectivity index (χ0v) is 10.2. The first-order valence-corrected chi connectivity index (χ1v) is 6.74. The van der Waals surface area contributed by atoms with Gasteiger partial charge in [-0.15, -0.1) is 0 Å². The van der Waals surface area contributed by atoms with Crippen LogP contribution in [0.1, 0.15) is 11.1 Å². The molecule has 0 aliphatic carbocycles. The summed E-state index contributed by atoms with van der Waals surface area (Å²) < 4.78 is 0. The number of rotatable bonds is 2. The van der Waals surface area contributed by atoms with Crippen LogP contribution in [0.4, 0.5) is 5.69 Å². The van der Waals surface area contributed by atoms with Crippen LogP contribution in [-0.4, -0.2) is 29.4 Å². The van der Waals surface area contributed by atoms with Crippen LogP contribution in [-0.2, 0) is 17.8 Å². The quantitative estimate of drug-likeness (QED) is 0.792. The van der Waals surface area contributed by atoms with Crippen molar-refractivity contribution in [1.82, 2.24) is 4.90 Å². The third-order valence-electron chi connectivity index (χ3n) is 2.86. The van der Waals surface area contributed by atoms with E-state index in [-0.39, 0.29) is 5.91 Å². The highest BCUT2D eigenvalue weighted by Crippen LogP contribution is 2.21. The summed E-state index contributed by atoms with van der Waals surface area (Å²) in [7, 11) is 0. The Balaban J connectivity index is 2.13. The van der Waals surface area contributed by atoms with Crippen molar-refractivity contribution in [2.24, 2.45) is 0 Å². The number of nitrogens with zero attached hydrogens (tertiary/aromatic N) is 1. The first-order valence-electron chi connectivity index (χ1n) is 5.34. The molecule has 1 heterocycles. The monoisotopic (exact) mass is 236 g/mol. The van der Waals surface area contributed by atoms with Crippen LogP contribution >= 0.6 is 11.8 Å². The molecule has 3 nitrogen and oxygen atoms in total. The second kappa shape index (κ2) is 4.78. The van der Waals surface area contributed by atoms with E-state index in [1.807, 2.05) is 23.3 Å². The first-order chi connectivity index (χ1) is 7.70. The van der Waals surface area contributed by atoms with Gasteiger partial charge in [-0.25, -0.2) is 0 Å². The normalized spacial score (nSPS) is 14.7. The van der Waals surface area contributed by atoms with E-state index in [0.717, 1.165) is 18.7 Å². The summed E-state index contributed by atoms with van der Waals surface area (Å²) in [6, 6.07) is 5.98. The summed E-state index contributed by atoms with van der Waals surface area (Å²) in [6.07, 6.45) is 2.89. The van der Waals surface area contributed by atoms with Gasteiger partial charge in [0, 0.05) is 18.8 Å². The molecule has 1 aromatic carbocycles. The minimum atomic E-state index is 0.223. The molecule has 0 radical (unpaired) electrons. The van der Waals surface area contributed by atoms with Gasteiger partial charge in [0.1, 0.15) is 0 Å². The highest BCUT2D eigenvalue weighted by molar-refractivity contribution is 7.99. The third-order valence-corrected chi connectivity index (χ3v) is 3.40. The molecule has 1 aliphatic heterocycles. The third kappa shape index (κ3) is 2.32. The highest BCUT2D eigenvalue weighted by atomic mass is 32.2. The fourth-order valence-electron chi connectivity index (χ4n) is 2.00. The Kier molecular flexibility index (Phi) is 3.39. The van der Waals surface area contributed by atoms with Crippen molar-refractivity contribution in [1.29, 1.82) is 0 Å². The molecular formula is C12H16N2OS. The molecular weight excluding hydrogens is 220 g/mol. The summed E-state index contributed by atoms with van der Waals surface area (Å²) in [4.78, 5) is 13.7. The molecule has 86 valence electrons. The minimum Gasteiger partial charge on any atom is -0.399 e. The van der Waals surface area contributed by atoms with Crippen LogP contribution in [0.2, 0.25) is 0 Å². The number of fused-ring (bicyclic) bond motifs is 1. The Hall–Kier alpha value is -1.16. The fraction of sp³-hybridized carbons (Fsp3) is 0.417. The van der Waals surface area contributed by atoms with Crippen molar-refractivity contribution in [3.8, 4) is 0 Å². The van der Waals surface area contributed by atoms with Crippen molar-refractivity contribution in [2.75, 3.05) is 24.3 Å². The molecule has 2 rings (SSSR count). The van der Waals surface area contributed by atoms with E-state index in [1.165, 1.54) is 11.1 Å². The zero-order valence-electron chi connectivity index (χ0n) is 9.40. The lowest BCUT2D eigenvalue weighted by atomic mass is 9.99. The van der Waals surface area contributed by atoms with E-state index in [1.54, 1.807) is 11.8 Å². The summed E-state index contributed by atoms with van der Waals surface area (Å²) >= 11 is 1.57. The van der Waals surface area contributed by atoms with Gasteiger partial charge in [0.05, 0.1) is 5.75 Å². The van der Waals surface area contributed by atoms with Crippen LogP contribution in [0.15, 0.2) is 18.2 Å². The first kappa shape index (κ1) is 11.3. The Morgan fingerprint density at radius 3 is 3.06 bits per heavy atom. The largest absolute Gasteiger partial charge is 0.399 e. The van der Waals surface area contributed by atoms with Gasteiger partial charge in [0.15, 0.2) is 0 Å². The van der Waals surface area contributed by atoms with Crippen molar-refractivity contribution < 1.29 is 4.79 Å². The maximum atomic E-state index is 11.8. The predicted octanol–water partition coefficient (Wildman–Crippen LogP) is 1.52. The molecule has 0 spiro atoms. The van der Waals surface area contributed by atoms with Crippen LogP contribution < -0.4 is 5.73 Å². The molecule has 0 aromatic heterocycles. The van der Waals surface area contributed by atoms with Gasteiger partial charge in [-0.05, 0) is 35.9 Å². The fourth-order valence-corrected chi connectivity index (χ4v) is 2.43. The van der Waals surface area contributed by atoms with Crippen molar-refractivity contribution in [3.05, 3.63) is 29.3 Å². The molecule has 0 fully saturated rings. The van der Waals surface area contributed by atoms with Crippen LogP contribution in [0.5, 0.6) is 0 Å². The number of nitrogen functional groups attached to an aromatic ring is 1. The average Bonchev–Trinajstić information content (AvgIpc) is 2.28. The van der Waals surface area contributed by atoms with Gasteiger partial charge in [-0.2, -0.15) is 11.8 Å². The molecule has 4 heteroatoms. The maximum Gasteiger partial charge on any atom is 0.232 e. The Morgan fingerprint density at radius 1 is 1.50 bits per heavy atom. The number of hydrogen-bond acceptors (Lipinski definition) is 3. The summed E-state index contributed by atoms with van der Waals surface area (Å²) in [5.74, 6) is 0.790. The molecule has 2 N–H and O–H groups in total. The molecule has 1 aromatic rings. The summed E-state index contributed by atoms with van der Waals surface area (Å²) in [6.45, 7) is 1.54. The van der Waals surface area contributed by atoms with Gasteiger partial charge in [-0.1, -0.05) is 6.07 Å². The van der Waals surface area contributed by atoms with E-state index in [0.29, 0.717) is 12.3 Å². The molecule has 16 heavy (non-hydrogen) atoms. The van der Waals surface area contributed by atoms with Gasteiger partial charge in [-0.3, -0.25) is 4.79 Å². The highest BCUT2D eigenvalue weighted by Gasteiger charge is 2.19. The average molecular weight is 236 g/mol. The number of thioether (sulfide) groups is 1. The van der Waals surface area contributed by atoms with Crippen LogP contribution in [0, 0.1) is 0 Å². The molecule has 0 unspecified atom stereocenters. The number of anilines is 1. The predicted molar refractivity (Wildman–Crippen MR) is 68.4 cm³/mol. The topological polar surface area (TPSA) is 46.3 Å². The molecule has 0 atom stereocenters. The van der Waals surface area contributed by atoms with Crippen molar-refractivity contribution >= 4 is 23.4 Å². The van der Waals surface area contributed by atoms with Crippen molar-refractivity contribution in [2.45, 2.75) is 13.0 Å². The number of amides is 1. The lowest BCUT2D eigenvalue weighted by molar-refractivity contribution is -0.129. The number of carbonyl (C=O) groups excluding carboxylic acids is 1. The van der Waals surface area contributed by atoms with Gasteiger partial charge in [0.2, 0.25) is 5.91 Å². The number of carbonyl (C=O) groups is 1. The van der Waals surface area contributed by atoms with Gasteiger partial charge in [0.25, 0.3) is 0 Å². The Bertz CT molecular complexity index is 406. The Labute approximate surface area is 100.0 Å². The lowest BCUT2D eigenvalue weighted by Crippen LogP contribution is -2.37. The molecule has 0 bridgehead atoms. The molecule has 0 saturated heterocycles. The SMILES string of the molecule is CSCC(=O)N1CCc2ccc(N)cc2C1. The van der Waals surface area contributed by atoms with E-state index in [2.05, 4.69) is 6.07 Å². The summed E-state index contributed by atoms with van der Waals surface area (Å²) in [5, 5.41) is 0. The maximum absolute atomic E-state index is 11.8. The van der Waals surface area contributed by atoms with E-state index in [9.17, 15) is 4.79 Å². The van der Waals surface area contributed by atoms with E-state index >= 15 is 0 Å². The second-order valence-electron chi connectivity index (χ2n) is 4.03. The number of benzene rings is 1. The Morgan fingerprint density at radius 2 is 2.31 bits per heavy atom. The van der Waals surface area contributed by atoms with E-state index in [4.69, 9.17) is 5.73 Å². The number of nitrogens with two attached hydrogens (primary N) is 1. The van der Waals surface area contributed by atoms with Crippen LogP contribution in [0.3, 0.4) is 0 Å². The summed E-state index contributed by atoms with van der Waals surface area (Å²) in [5.41, 5.74) is 9.05. The standard InChI is InChI=1S/C12H16N2OS/c1-16-8-12(15)14-5-4-9-2-3-11(13)6-10(9)7-14/h2-3,6H,4-5,7-8,13H2,1H3. The lowest BCUT2D eigenvalue weighted by Gasteiger charge is -2.29. The van der Waals surface area contributed by atoms with E-state index < -0.39 is 0 Å². The minimum absolute atomic E-state index is 0.223. The van der Waals surface area contributed by atoms with Crippen molar-refractivity contribution in [3.63, 3.8) is 0 Å². The molecule has 1 aliphatic rings.